The van der Waals surface area contributed by atoms with E-state index in [0.29, 0.717) is 18.2 Å². The minimum Gasteiger partial charge on any atom is -0.397 e. The van der Waals surface area contributed by atoms with Crippen molar-refractivity contribution < 1.29 is 14.3 Å². The van der Waals surface area contributed by atoms with E-state index < -0.39 is 5.91 Å². The van der Waals surface area contributed by atoms with Gasteiger partial charge in [-0.05, 0) is 13.8 Å². The first-order chi connectivity index (χ1) is 9.38. The fourth-order valence-electron chi connectivity index (χ4n) is 1.55. The highest BCUT2D eigenvalue weighted by atomic mass is 32.1. The summed E-state index contributed by atoms with van der Waals surface area (Å²) in [6.45, 7) is 4.83. The molecule has 6 N–H and O–H groups in total. The van der Waals surface area contributed by atoms with Crippen molar-refractivity contribution in [1.29, 1.82) is 0 Å². The highest BCUT2D eigenvalue weighted by Gasteiger charge is 2.23. The molecule has 0 fully saturated rings. The van der Waals surface area contributed by atoms with Crippen molar-refractivity contribution in [2.75, 3.05) is 31.2 Å². The van der Waals surface area contributed by atoms with Crippen LogP contribution in [0.15, 0.2) is 0 Å². The van der Waals surface area contributed by atoms with Crippen molar-refractivity contribution in [1.82, 2.24) is 5.32 Å². The van der Waals surface area contributed by atoms with Crippen LogP contribution < -0.4 is 22.1 Å². The largest absolute Gasteiger partial charge is 0.397 e. The van der Waals surface area contributed by atoms with Crippen LogP contribution in [0, 0.1) is 0 Å². The Morgan fingerprint density at radius 3 is 2.55 bits per heavy atom. The number of carbonyl (C=O) groups is 2. The fraction of sp³-hybridized carbons (Fsp3) is 0.500. The summed E-state index contributed by atoms with van der Waals surface area (Å²) in [6, 6.07) is 0. The molecule has 1 heterocycles. The maximum atomic E-state index is 11.7. The standard InChI is InChI=1S/C12H20N4O3S/c1-6(2)19-5-4-16-12-7(10(14)17)8(13)9(20-12)11(18)15-3/h6,16H,4-5,13H2,1-3H3,(H2,14,17)(H,15,18). The molecule has 0 aliphatic carbocycles. The van der Waals surface area contributed by atoms with Gasteiger partial charge in [-0.3, -0.25) is 9.59 Å². The molecule has 0 unspecified atom stereocenters. The minimum absolute atomic E-state index is 0.106. The molecular formula is C12H20N4O3S. The van der Waals surface area contributed by atoms with E-state index in [0.717, 1.165) is 11.3 Å². The van der Waals surface area contributed by atoms with E-state index in [1.807, 2.05) is 13.8 Å². The van der Waals surface area contributed by atoms with Gasteiger partial charge in [0.25, 0.3) is 11.8 Å². The number of carbonyl (C=O) groups excluding carboxylic acids is 2. The quantitative estimate of drug-likeness (QED) is 0.550. The number of rotatable bonds is 7. The average molecular weight is 300 g/mol. The van der Waals surface area contributed by atoms with Crippen LogP contribution in [0.5, 0.6) is 0 Å². The lowest BCUT2D eigenvalue weighted by Crippen LogP contribution is -2.19. The molecule has 8 heteroatoms. The zero-order valence-electron chi connectivity index (χ0n) is 11.8. The van der Waals surface area contributed by atoms with Crippen molar-refractivity contribution in [3.63, 3.8) is 0 Å². The van der Waals surface area contributed by atoms with Crippen LogP contribution in [-0.4, -0.2) is 38.1 Å². The molecule has 2 amide bonds. The Morgan fingerprint density at radius 2 is 2.05 bits per heavy atom. The molecule has 0 spiro atoms. The van der Waals surface area contributed by atoms with Crippen LogP contribution in [-0.2, 0) is 4.74 Å². The lowest BCUT2D eigenvalue weighted by molar-refractivity contribution is 0.0870. The summed E-state index contributed by atoms with van der Waals surface area (Å²) in [6.07, 6.45) is 0.127. The smallest absolute Gasteiger partial charge is 0.263 e. The summed E-state index contributed by atoms with van der Waals surface area (Å²) in [5.74, 6) is -1.01. The molecule has 1 rings (SSSR count). The third kappa shape index (κ3) is 3.84. The Morgan fingerprint density at radius 1 is 1.40 bits per heavy atom. The lowest BCUT2D eigenvalue weighted by atomic mass is 10.2. The van der Waals surface area contributed by atoms with E-state index >= 15 is 0 Å². The van der Waals surface area contributed by atoms with Gasteiger partial charge in [-0.2, -0.15) is 0 Å². The highest BCUT2D eigenvalue weighted by Crippen LogP contribution is 2.35. The second-order valence-corrected chi connectivity index (χ2v) is 5.36. The van der Waals surface area contributed by atoms with Crippen LogP contribution in [0.3, 0.4) is 0 Å². The third-order valence-corrected chi connectivity index (χ3v) is 3.63. The Balaban J connectivity index is 2.89. The summed E-state index contributed by atoms with van der Waals surface area (Å²) in [7, 11) is 1.50. The van der Waals surface area contributed by atoms with Crippen molar-refractivity contribution in [3.8, 4) is 0 Å². The molecule has 0 aromatic carbocycles. The predicted molar refractivity (Wildman–Crippen MR) is 80.2 cm³/mol. The Bertz CT molecular complexity index is 499. The predicted octanol–water partition coefficient (Wildman–Crippen LogP) is 0.626. The van der Waals surface area contributed by atoms with Gasteiger partial charge in [-0.25, -0.2) is 0 Å². The van der Waals surface area contributed by atoms with Crippen LogP contribution in [0.4, 0.5) is 10.7 Å². The zero-order valence-corrected chi connectivity index (χ0v) is 12.6. The van der Waals surface area contributed by atoms with Gasteiger partial charge in [0.15, 0.2) is 0 Å². The highest BCUT2D eigenvalue weighted by molar-refractivity contribution is 7.19. The molecule has 0 aliphatic rings. The second-order valence-electron chi connectivity index (χ2n) is 4.34. The summed E-state index contributed by atoms with van der Waals surface area (Å²) in [4.78, 5) is 23.4. The zero-order chi connectivity index (χ0) is 15.3. The summed E-state index contributed by atoms with van der Waals surface area (Å²) in [5.41, 5.74) is 11.4. The number of anilines is 2. The maximum absolute atomic E-state index is 11.7. The topological polar surface area (TPSA) is 119 Å². The number of thiophene rings is 1. The number of nitrogen functional groups attached to an aromatic ring is 1. The van der Waals surface area contributed by atoms with E-state index in [4.69, 9.17) is 16.2 Å². The van der Waals surface area contributed by atoms with E-state index in [-0.39, 0.29) is 28.1 Å². The number of ether oxygens (including phenoxy) is 1. The summed E-state index contributed by atoms with van der Waals surface area (Å²) < 4.78 is 5.38. The Hall–Kier alpha value is -1.80. The van der Waals surface area contributed by atoms with Gasteiger partial charge in [-0.1, -0.05) is 0 Å². The molecule has 0 saturated carbocycles. The number of nitrogens with two attached hydrogens (primary N) is 2. The lowest BCUT2D eigenvalue weighted by Gasteiger charge is -2.09. The van der Waals surface area contributed by atoms with Crippen LogP contribution in [0.2, 0.25) is 0 Å². The number of hydrogen-bond acceptors (Lipinski definition) is 6. The van der Waals surface area contributed by atoms with Gasteiger partial charge in [0.2, 0.25) is 0 Å². The average Bonchev–Trinajstić information content (AvgIpc) is 2.70. The van der Waals surface area contributed by atoms with E-state index in [9.17, 15) is 9.59 Å². The molecule has 7 nitrogen and oxygen atoms in total. The van der Waals surface area contributed by atoms with Crippen molar-refractivity contribution >= 4 is 33.8 Å². The first-order valence-corrected chi connectivity index (χ1v) is 6.99. The van der Waals surface area contributed by atoms with Crippen LogP contribution >= 0.6 is 11.3 Å². The second kappa shape index (κ2) is 7.11. The van der Waals surface area contributed by atoms with Gasteiger partial charge in [0.1, 0.15) is 9.88 Å². The molecule has 20 heavy (non-hydrogen) atoms. The van der Waals surface area contributed by atoms with Crippen molar-refractivity contribution in [2.45, 2.75) is 20.0 Å². The van der Waals surface area contributed by atoms with E-state index in [1.165, 1.54) is 7.05 Å². The number of nitrogens with one attached hydrogen (secondary N) is 2. The van der Waals surface area contributed by atoms with Crippen molar-refractivity contribution in [2.24, 2.45) is 5.73 Å². The summed E-state index contributed by atoms with van der Waals surface area (Å²) >= 11 is 1.10. The van der Waals surface area contributed by atoms with Gasteiger partial charge in [0.05, 0.1) is 24.0 Å². The number of amides is 2. The molecular weight excluding hydrogens is 280 g/mol. The first-order valence-electron chi connectivity index (χ1n) is 6.18. The molecule has 1 aromatic heterocycles. The molecule has 0 aliphatic heterocycles. The van der Waals surface area contributed by atoms with E-state index in [2.05, 4.69) is 10.6 Å². The molecule has 112 valence electrons. The van der Waals surface area contributed by atoms with Gasteiger partial charge in [-0.15, -0.1) is 11.3 Å². The molecule has 0 saturated heterocycles. The van der Waals surface area contributed by atoms with Gasteiger partial charge in [0, 0.05) is 13.6 Å². The Labute approximate surface area is 121 Å². The van der Waals surface area contributed by atoms with Gasteiger partial charge < -0.3 is 26.8 Å². The van der Waals surface area contributed by atoms with Crippen LogP contribution in [0.25, 0.3) is 0 Å². The SMILES string of the molecule is CNC(=O)c1sc(NCCOC(C)C)c(C(N)=O)c1N. The monoisotopic (exact) mass is 300 g/mol. The normalized spacial score (nSPS) is 10.6. The molecule has 0 radical (unpaired) electrons. The maximum Gasteiger partial charge on any atom is 0.263 e. The third-order valence-electron chi connectivity index (χ3n) is 2.46. The Kier molecular flexibility index (Phi) is 5.78. The molecule has 1 aromatic rings. The molecule has 0 atom stereocenters. The number of primary amides is 1. The number of hydrogen-bond donors (Lipinski definition) is 4. The van der Waals surface area contributed by atoms with Crippen LogP contribution in [0.1, 0.15) is 33.9 Å². The van der Waals surface area contributed by atoms with Crippen molar-refractivity contribution in [3.05, 3.63) is 10.4 Å². The fourth-order valence-corrected chi connectivity index (χ4v) is 2.65. The first kappa shape index (κ1) is 16.3. The van der Waals surface area contributed by atoms with E-state index in [1.54, 1.807) is 0 Å². The minimum atomic E-state index is -0.666. The van der Waals surface area contributed by atoms with Gasteiger partial charge >= 0.3 is 0 Å². The molecule has 0 bridgehead atoms. The summed E-state index contributed by atoms with van der Waals surface area (Å²) in [5, 5.41) is 5.98.